The summed E-state index contributed by atoms with van der Waals surface area (Å²) in [4.78, 5) is 2.69. The number of hydrogen-bond acceptors (Lipinski definition) is 3. The molecule has 0 radical (unpaired) electrons. The lowest BCUT2D eigenvalue weighted by Gasteiger charge is -2.33. The van der Waals surface area contributed by atoms with Crippen LogP contribution in [-0.2, 0) is 4.74 Å². The van der Waals surface area contributed by atoms with Gasteiger partial charge in [-0.1, -0.05) is 0 Å². The number of piperidine rings is 1. The first kappa shape index (κ1) is 16.3. The molecule has 20 heavy (non-hydrogen) atoms. The SMILES string of the molecule is COC(C)(C)CC(C)NCC1CCN(CC2CC2)CC1. The fourth-order valence-corrected chi connectivity index (χ4v) is 3.30. The molecule has 0 aromatic carbocycles. The highest BCUT2D eigenvalue weighted by Gasteiger charge is 2.27. The fraction of sp³-hybridized carbons (Fsp3) is 1.00. The van der Waals surface area contributed by atoms with Crippen LogP contribution in [0, 0.1) is 11.8 Å². The second kappa shape index (κ2) is 7.24. The second-order valence-electron chi connectivity index (χ2n) is 7.66. The van der Waals surface area contributed by atoms with Crippen molar-refractivity contribution >= 4 is 0 Å². The molecule has 0 amide bonds. The molecule has 2 rings (SSSR count). The van der Waals surface area contributed by atoms with Gasteiger partial charge in [0.15, 0.2) is 0 Å². The van der Waals surface area contributed by atoms with E-state index in [0.29, 0.717) is 6.04 Å². The molecule has 1 saturated heterocycles. The van der Waals surface area contributed by atoms with Gasteiger partial charge >= 0.3 is 0 Å². The van der Waals surface area contributed by atoms with E-state index < -0.39 is 0 Å². The van der Waals surface area contributed by atoms with Crippen LogP contribution in [0.25, 0.3) is 0 Å². The Morgan fingerprint density at radius 1 is 1.15 bits per heavy atom. The Balaban J connectivity index is 1.58. The number of likely N-dealkylation sites (tertiary alicyclic amines) is 1. The zero-order valence-corrected chi connectivity index (χ0v) is 14.0. The van der Waals surface area contributed by atoms with Crippen LogP contribution in [0.3, 0.4) is 0 Å². The molecule has 1 atom stereocenters. The Labute approximate surface area is 125 Å². The number of ether oxygens (including phenoxy) is 1. The summed E-state index contributed by atoms with van der Waals surface area (Å²) in [5.41, 5.74) is -0.0138. The molecule has 118 valence electrons. The van der Waals surface area contributed by atoms with Gasteiger partial charge in [0.05, 0.1) is 5.60 Å². The lowest BCUT2D eigenvalue weighted by Crippen LogP contribution is -2.41. The maximum absolute atomic E-state index is 5.51. The maximum atomic E-state index is 5.51. The quantitative estimate of drug-likeness (QED) is 0.741. The van der Waals surface area contributed by atoms with Gasteiger partial charge in [0.1, 0.15) is 0 Å². The Morgan fingerprint density at radius 3 is 2.35 bits per heavy atom. The first-order valence-corrected chi connectivity index (χ1v) is 8.49. The summed E-state index contributed by atoms with van der Waals surface area (Å²) in [6, 6.07) is 0.537. The lowest BCUT2D eigenvalue weighted by atomic mass is 9.95. The van der Waals surface area contributed by atoms with Crippen molar-refractivity contribution in [2.75, 3.05) is 33.3 Å². The van der Waals surface area contributed by atoms with Crippen molar-refractivity contribution in [2.45, 2.75) is 64.5 Å². The second-order valence-corrected chi connectivity index (χ2v) is 7.66. The molecular weight excluding hydrogens is 248 g/mol. The molecule has 2 fully saturated rings. The molecule has 1 saturated carbocycles. The third-order valence-electron chi connectivity index (χ3n) is 5.03. The van der Waals surface area contributed by atoms with Crippen LogP contribution in [0.15, 0.2) is 0 Å². The van der Waals surface area contributed by atoms with Crippen molar-refractivity contribution in [3.63, 3.8) is 0 Å². The Hall–Kier alpha value is -0.120. The van der Waals surface area contributed by atoms with Crippen molar-refractivity contribution in [3.05, 3.63) is 0 Å². The van der Waals surface area contributed by atoms with E-state index in [0.717, 1.165) is 18.3 Å². The zero-order chi connectivity index (χ0) is 14.6. The summed E-state index contributed by atoms with van der Waals surface area (Å²) in [6.45, 7) is 11.8. The normalized spacial score (nSPS) is 24.0. The molecule has 0 spiro atoms. The monoisotopic (exact) mass is 282 g/mol. The van der Waals surface area contributed by atoms with Crippen LogP contribution in [0.4, 0.5) is 0 Å². The van der Waals surface area contributed by atoms with Crippen molar-refractivity contribution in [1.29, 1.82) is 0 Å². The van der Waals surface area contributed by atoms with E-state index in [4.69, 9.17) is 4.74 Å². The van der Waals surface area contributed by atoms with Crippen molar-refractivity contribution in [1.82, 2.24) is 10.2 Å². The first-order valence-electron chi connectivity index (χ1n) is 8.49. The van der Waals surface area contributed by atoms with Gasteiger partial charge < -0.3 is 15.0 Å². The van der Waals surface area contributed by atoms with Gasteiger partial charge in [-0.3, -0.25) is 0 Å². The van der Waals surface area contributed by atoms with Gasteiger partial charge in [0.2, 0.25) is 0 Å². The van der Waals surface area contributed by atoms with E-state index in [9.17, 15) is 0 Å². The lowest BCUT2D eigenvalue weighted by molar-refractivity contribution is 0.00806. The number of methoxy groups -OCH3 is 1. The molecule has 0 bridgehead atoms. The maximum Gasteiger partial charge on any atom is 0.0637 e. The minimum absolute atomic E-state index is 0.0138. The minimum atomic E-state index is -0.0138. The molecule has 3 heteroatoms. The highest BCUT2D eigenvalue weighted by molar-refractivity contribution is 4.82. The number of rotatable bonds is 8. The van der Waals surface area contributed by atoms with Gasteiger partial charge in [-0.05, 0) is 84.3 Å². The summed E-state index contributed by atoms with van der Waals surface area (Å²) in [6.07, 6.45) is 6.78. The molecule has 1 unspecified atom stereocenters. The Morgan fingerprint density at radius 2 is 1.80 bits per heavy atom. The molecule has 2 aliphatic rings. The van der Waals surface area contributed by atoms with E-state index in [1.807, 2.05) is 7.11 Å². The third kappa shape index (κ3) is 5.71. The van der Waals surface area contributed by atoms with E-state index in [1.165, 1.54) is 51.9 Å². The van der Waals surface area contributed by atoms with Gasteiger partial charge in [0.25, 0.3) is 0 Å². The summed E-state index contributed by atoms with van der Waals surface area (Å²) in [7, 11) is 1.81. The molecule has 0 aromatic heterocycles. The first-order chi connectivity index (χ1) is 9.48. The Bertz CT molecular complexity index is 281. The predicted molar refractivity (Wildman–Crippen MR) is 85.1 cm³/mol. The van der Waals surface area contributed by atoms with Gasteiger partial charge in [-0.25, -0.2) is 0 Å². The highest BCUT2D eigenvalue weighted by atomic mass is 16.5. The van der Waals surface area contributed by atoms with Crippen molar-refractivity contribution in [2.24, 2.45) is 11.8 Å². The Kier molecular flexibility index (Phi) is 5.88. The summed E-state index contributed by atoms with van der Waals surface area (Å²) in [5, 5.41) is 3.71. The van der Waals surface area contributed by atoms with Crippen LogP contribution in [0.5, 0.6) is 0 Å². The summed E-state index contributed by atoms with van der Waals surface area (Å²) >= 11 is 0. The topological polar surface area (TPSA) is 24.5 Å². The molecular formula is C17H34N2O. The van der Waals surface area contributed by atoms with Gasteiger partial charge in [0, 0.05) is 19.7 Å². The number of nitrogens with one attached hydrogen (secondary N) is 1. The fourth-order valence-electron chi connectivity index (χ4n) is 3.30. The van der Waals surface area contributed by atoms with Gasteiger partial charge in [-0.2, -0.15) is 0 Å². The van der Waals surface area contributed by atoms with Crippen molar-refractivity contribution in [3.8, 4) is 0 Å². The van der Waals surface area contributed by atoms with Crippen LogP contribution in [0.1, 0.15) is 52.9 Å². The van der Waals surface area contributed by atoms with Crippen LogP contribution in [-0.4, -0.2) is 49.8 Å². The highest BCUT2D eigenvalue weighted by Crippen LogP contribution is 2.31. The average Bonchev–Trinajstić information content (AvgIpc) is 3.21. The molecule has 1 N–H and O–H groups in total. The van der Waals surface area contributed by atoms with Crippen LogP contribution in [0.2, 0.25) is 0 Å². The average molecular weight is 282 g/mol. The summed E-state index contributed by atoms with van der Waals surface area (Å²) in [5.74, 6) is 1.92. The van der Waals surface area contributed by atoms with Gasteiger partial charge in [-0.15, -0.1) is 0 Å². The third-order valence-corrected chi connectivity index (χ3v) is 5.03. The predicted octanol–water partition coefficient (Wildman–Crippen LogP) is 2.90. The summed E-state index contributed by atoms with van der Waals surface area (Å²) < 4.78 is 5.51. The standard InChI is InChI=1S/C17H34N2O/c1-14(11-17(2,3)20-4)18-12-15-7-9-19(10-8-15)13-16-5-6-16/h14-16,18H,5-13H2,1-4H3. The minimum Gasteiger partial charge on any atom is -0.379 e. The molecule has 1 aliphatic carbocycles. The molecule has 0 aromatic rings. The van der Waals surface area contributed by atoms with E-state index >= 15 is 0 Å². The van der Waals surface area contributed by atoms with E-state index in [2.05, 4.69) is 31.0 Å². The zero-order valence-electron chi connectivity index (χ0n) is 14.0. The molecule has 1 aliphatic heterocycles. The van der Waals surface area contributed by atoms with Crippen molar-refractivity contribution < 1.29 is 4.74 Å². The molecule has 3 nitrogen and oxygen atoms in total. The van der Waals surface area contributed by atoms with E-state index in [1.54, 1.807) is 0 Å². The molecule has 1 heterocycles. The smallest absolute Gasteiger partial charge is 0.0637 e. The number of hydrogen-bond donors (Lipinski definition) is 1. The van der Waals surface area contributed by atoms with E-state index in [-0.39, 0.29) is 5.60 Å². The largest absolute Gasteiger partial charge is 0.379 e. The van der Waals surface area contributed by atoms with Crippen LogP contribution < -0.4 is 5.32 Å². The number of nitrogens with zero attached hydrogens (tertiary/aromatic N) is 1. The van der Waals surface area contributed by atoms with Crippen LogP contribution >= 0.6 is 0 Å².